The minimum atomic E-state index is -5.33. The van der Waals surface area contributed by atoms with Crippen LogP contribution in [0.25, 0.3) is 0 Å². The topological polar surface area (TPSA) is 332 Å². The molecule has 1 unspecified atom stereocenters. The van der Waals surface area contributed by atoms with Crippen LogP contribution in [0.2, 0.25) is 0 Å². The molecule has 0 radical (unpaired) electrons. The molecule has 1 aromatic rings. The lowest BCUT2D eigenvalue weighted by molar-refractivity contribution is -0.169. The predicted octanol–water partition coefficient (Wildman–Crippen LogP) is 0.373. The average Bonchev–Trinajstić information content (AvgIpc) is 3.32. The Kier molecular flexibility index (Phi) is 24.3. The fourth-order valence-corrected chi connectivity index (χ4v) is 8.05. The van der Waals surface area contributed by atoms with E-state index in [0.717, 1.165) is 34.7 Å². The average molecular weight is 1070 g/mol. The fraction of sp³-hybridized carbons (Fsp3) is 0.583. The summed E-state index contributed by atoms with van der Waals surface area (Å²) in [4.78, 5) is 161. The number of nitrogens with one attached hydrogen (secondary N) is 4. The highest BCUT2D eigenvalue weighted by Gasteiger charge is 2.46. The van der Waals surface area contributed by atoms with E-state index in [4.69, 9.17) is 23.5 Å². The smallest absolute Gasteiger partial charge is 0.458 e. The van der Waals surface area contributed by atoms with Crippen molar-refractivity contribution in [3.63, 3.8) is 0 Å². The molecule has 25 nitrogen and oxygen atoms in total. The van der Waals surface area contributed by atoms with E-state index >= 15 is 4.79 Å². The monoisotopic (exact) mass is 1070 g/mol. The Morgan fingerprint density at radius 1 is 0.865 bits per heavy atom. The van der Waals surface area contributed by atoms with Gasteiger partial charge in [0.15, 0.2) is 18.2 Å². The fourth-order valence-electron chi connectivity index (χ4n) is 7.37. The first-order chi connectivity index (χ1) is 34.3. The molecule has 1 aromatic carbocycles. The maximum Gasteiger partial charge on any atom is 0.469 e. The van der Waals surface area contributed by atoms with Crippen molar-refractivity contribution in [1.29, 1.82) is 0 Å². The summed E-state index contributed by atoms with van der Waals surface area (Å²) in [5, 5.41) is 9.60. The molecule has 2 rings (SSSR count). The van der Waals surface area contributed by atoms with Crippen molar-refractivity contribution < 1.29 is 85.8 Å². The second-order valence-corrected chi connectivity index (χ2v) is 19.5. The Balaban J connectivity index is 2.95. The molecule has 1 heterocycles. The molecule has 412 valence electrons. The number of amides is 7. The van der Waals surface area contributed by atoms with Crippen LogP contribution in [0.5, 0.6) is 0 Å². The molecule has 1 aliphatic heterocycles. The number of carbonyl (C=O) groups is 10. The molecule has 0 spiro atoms. The summed E-state index contributed by atoms with van der Waals surface area (Å²) < 4.78 is 39.9. The first-order valence-electron chi connectivity index (χ1n) is 23.6. The number of hydrogen-bond acceptors (Lipinski definition) is 16. The maximum atomic E-state index is 15.1. The highest BCUT2D eigenvalue weighted by Crippen LogP contribution is 2.40. The van der Waals surface area contributed by atoms with Crippen LogP contribution in [0.4, 0.5) is 0 Å². The van der Waals surface area contributed by atoms with E-state index in [1.807, 2.05) is 0 Å². The van der Waals surface area contributed by atoms with Gasteiger partial charge in [0.05, 0.1) is 6.10 Å². The van der Waals surface area contributed by atoms with Crippen LogP contribution in [-0.2, 0) is 82.4 Å². The Labute approximate surface area is 430 Å². The first kappa shape index (κ1) is 63.6. The van der Waals surface area contributed by atoms with E-state index in [1.54, 1.807) is 30.3 Å². The molecule has 0 bridgehead atoms. The molecular formula is C48H72N7O18P. The Morgan fingerprint density at radius 3 is 1.97 bits per heavy atom. The number of likely N-dealkylation sites (N-methyl/N-ethyl adjacent to an activating group) is 3. The zero-order chi connectivity index (χ0) is 56.7. The van der Waals surface area contributed by atoms with Crippen molar-refractivity contribution in [3.05, 3.63) is 59.9 Å². The summed E-state index contributed by atoms with van der Waals surface area (Å²) >= 11 is 0. The van der Waals surface area contributed by atoms with Crippen LogP contribution >= 0.6 is 7.82 Å². The van der Waals surface area contributed by atoms with Crippen LogP contribution in [0.15, 0.2) is 54.4 Å². The number of carbonyl (C=O) groups excluding carboxylic acids is 10. The summed E-state index contributed by atoms with van der Waals surface area (Å²) in [6.07, 6.45) is -7.18. The van der Waals surface area contributed by atoms with Crippen LogP contribution < -0.4 is 21.3 Å². The standard InChI is InChI=1S/C48H72N7O18P/c1-16-35(57)51-37(40(25(4)5)73-74(66,67)68)47(64)72-39(24(2)3)36-45(62)55(14)38(30(10)69-15)48(65)70-26(6)22-33(50-31(11)56)46(63)71-34(23-32-20-18-17-19-21-32)44(61)54(13)28(8)41(58)49-27(7)43(60)53(12)29(9)42(59)52-36/h17-22,24-27,29-30,34,36-40H,8,16,23H2,1-7,9-15H3,(H,49,58)(H,50,56)(H,51,57)(H,52,59)(H2,66,67,68)/b33-22-/t26?,27-,29-,30+,34+,36-,37-,38-,39+,40+/m0/s1. The molecule has 6 N–H and O–H groups in total. The molecule has 26 heteroatoms. The molecule has 0 saturated carbocycles. The summed E-state index contributed by atoms with van der Waals surface area (Å²) in [6, 6.07) is -0.143. The zero-order valence-corrected chi connectivity index (χ0v) is 45.1. The normalized spacial score (nSPS) is 24.1. The van der Waals surface area contributed by atoms with E-state index in [2.05, 4.69) is 27.8 Å². The Bertz CT molecular complexity index is 2320. The van der Waals surface area contributed by atoms with E-state index in [0.29, 0.717) is 5.56 Å². The van der Waals surface area contributed by atoms with Gasteiger partial charge in [-0.25, -0.2) is 18.9 Å². The predicted molar refractivity (Wildman–Crippen MR) is 263 cm³/mol. The molecule has 74 heavy (non-hydrogen) atoms. The van der Waals surface area contributed by atoms with E-state index < -0.39 is 151 Å². The van der Waals surface area contributed by atoms with E-state index in [9.17, 15) is 57.5 Å². The molecule has 1 aliphatic rings. The summed E-state index contributed by atoms with van der Waals surface area (Å²) in [5.74, 6) is -12.1. The van der Waals surface area contributed by atoms with Gasteiger partial charge < -0.3 is 64.7 Å². The SMILES string of the molecule is C=C1C(=O)N[C@@H](C)C(=O)N(C)[C@@H](C)C(=O)N[C@@H]([C@H](OC(=O)[C@@H](NC(=O)CC)[C@H](OP(=O)(O)O)C(C)C)C(C)C)C(=O)N(C)[C@@H]([C@@H](C)OC)C(=O)OC(C)/C=C(\NC(C)=O)C(=O)O[C@H](Cc2ccccc2)C(=O)N1C. The third-order valence-corrected chi connectivity index (χ3v) is 12.3. The Hall–Kier alpha value is -6.53. The van der Waals surface area contributed by atoms with Gasteiger partial charge >= 0.3 is 25.7 Å². The first-order valence-corrected chi connectivity index (χ1v) is 25.1. The molecule has 0 fully saturated rings. The van der Waals surface area contributed by atoms with Gasteiger partial charge in [-0.2, -0.15) is 0 Å². The van der Waals surface area contributed by atoms with Crippen molar-refractivity contribution in [2.24, 2.45) is 11.8 Å². The highest BCUT2D eigenvalue weighted by molar-refractivity contribution is 7.46. The second-order valence-electron chi connectivity index (χ2n) is 18.3. The number of hydrogen-bond donors (Lipinski definition) is 6. The maximum absolute atomic E-state index is 15.1. The van der Waals surface area contributed by atoms with Crippen LogP contribution in [0.3, 0.4) is 0 Å². The van der Waals surface area contributed by atoms with Gasteiger partial charge in [-0.15, -0.1) is 0 Å². The summed E-state index contributed by atoms with van der Waals surface area (Å²) in [7, 11) is -0.609. The zero-order valence-electron chi connectivity index (χ0n) is 44.2. The number of phosphoric acid groups is 1. The lowest BCUT2D eigenvalue weighted by Gasteiger charge is -2.38. The second kappa shape index (κ2) is 28.2. The molecular weight excluding hydrogens is 994 g/mol. The van der Waals surface area contributed by atoms with Crippen LogP contribution in [0, 0.1) is 11.8 Å². The van der Waals surface area contributed by atoms with Crippen LogP contribution in [-0.4, -0.2) is 173 Å². The number of phosphoric ester groups is 1. The van der Waals surface area contributed by atoms with Gasteiger partial charge in [0, 0.05) is 48.0 Å². The van der Waals surface area contributed by atoms with Crippen molar-refractivity contribution >= 4 is 67.1 Å². The quantitative estimate of drug-likeness (QED) is 0.0598. The largest absolute Gasteiger partial charge is 0.469 e. The molecule has 0 saturated heterocycles. The number of cyclic esters (lactones) is 2. The number of nitrogens with zero attached hydrogens (tertiary/aromatic N) is 3. The van der Waals surface area contributed by atoms with Gasteiger partial charge in [-0.3, -0.25) is 38.1 Å². The molecule has 10 atom stereocenters. The number of ether oxygens (including phenoxy) is 4. The van der Waals surface area contributed by atoms with Crippen molar-refractivity contribution in [2.75, 3.05) is 28.3 Å². The highest BCUT2D eigenvalue weighted by atomic mass is 31.2. The number of rotatable bonds is 15. The van der Waals surface area contributed by atoms with Crippen molar-refractivity contribution in [2.45, 2.75) is 143 Å². The van der Waals surface area contributed by atoms with Gasteiger partial charge in [-0.1, -0.05) is 71.5 Å². The third kappa shape index (κ3) is 18.1. The molecule has 7 amide bonds. The number of esters is 3. The minimum Gasteiger partial charge on any atom is -0.458 e. The van der Waals surface area contributed by atoms with Gasteiger partial charge in [0.2, 0.25) is 29.5 Å². The summed E-state index contributed by atoms with van der Waals surface area (Å²) in [5.41, 5.74) is -0.573. The Morgan fingerprint density at radius 2 is 1.46 bits per heavy atom. The van der Waals surface area contributed by atoms with Gasteiger partial charge in [-0.05, 0) is 51.2 Å². The molecule has 0 aliphatic carbocycles. The van der Waals surface area contributed by atoms with E-state index in [1.165, 1.54) is 83.5 Å². The lowest BCUT2D eigenvalue weighted by Crippen LogP contribution is -2.63. The lowest BCUT2D eigenvalue weighted by atomic mass is 9.95. The summed E-state index contributed by atoms with van der Waals surface area (Å²) in [6.45, 7) is 17.3. The minimum absolute atomic E-state index is 0.199. The van der Waals surface area contributed by atoms with Crippen molar-refractivity contribution in [3.8, 4) is 0 Å². The number of methoxy groups -OCH3 is 1. The van der Waals surface area contributed by atoms with Crippen molar-refractivity contribution in [1.82, 2.24) is 36.0 Å². The van der Waals surface area contributed by atoms with Crippen LogP contribution in [0.1, 0.15) is 81.2 Å². The van der Waals surface area contributed by atoms with Gasteiger partial charge in [0.25, 0.3) is 11.8 Å². The van der Waals surface area contributed by atoms with E-state index in [-0.39, 0.29) is 12.8 Å². The molecule has 0 aromatic heterocycles. The number of benzene rings is 1. The van der Waals surface area contributed by atoms with Gasteiger partial charge in [0.1, 0.15) is 47.8 Å². The third-order valence-electron chi connectivity index (χ3n) is 11.8.